The molecule has 0 bridgehead atoms. The van der Waals surface area contributed by atoms with Crippen LogP contribution < -0.4 is 5.32 Å². The monoisotopic (exact) mass is 177 g/mol. The van der Waals surface area contributed by atoms with Gasteiger partial charge in [0.25, 0.3) is 0 Å². The molecule has 0 amide bonds. The van der Waals surface area contributed by atoms with E-state index in [1.54, 1.807) is 6.08 Å². The van der Waals surface area contributed by atoms with Crippen LogP contribution in [0.15, 0.2) is 24.4 Å². The van der Waals surface area contributed by atoms with Crippen molar-refractivity contribution in [2.75, 3.05) is 0 Å². The molecule has 1 unspecified atom stereocenters. The molecular weight excluding hydrogens is 167 g/mol. The maximum absolute atomic E-state index is 12.4. The molecule has 0 radical (unpaired) electrons. The Hall–Kier alpha value is -0.930. The number of allylic oxidation sites excluding steroid dienone is 2. The molecule has 0 aromatic heterocycles. The molecule has 0 fully saturated rings. The lowest BCUT2D eigenvalue weighted by molar-refractivity contribution is -0.179. The lowest BCUT2D eigenvalue weighted by Gasteiger charge is -2.33. The Balaban J connectivity index is 2.91. The standard InChI is InChI=1S/C8H10F3N/c1-2-7(8(9,10)11)5-3-4-6-12-7/h3-6,12H,2H2,1H3. The van der Waals surface area contributed by atoms with Gasteiger partial charge in [0.1, 0.15) is 0 Å². The third-order valence-electron chi connectivity index (χ3n) is 1.99. The van der Waals surface area contributed by atoms with Crippen LogP contribution in [0.2, 0.25) is 0 Å². The fourth-order valence-electron chi connectivity index (χ4n) is 1.12. The van der Waals surface area contributed by atoms with Gasteiger partial charge in [0.05, 0.1) is 0 Å². The lowest BCUT2D eigenvalue weighted by Crippen LogP contribution is -2.53. The average molecular weight is 177 g/mol. The van der Waals surface area contributed by atoms with E-state index >= 15 is 0 Å². The Morgan fingerprint density at radius 2 is 2.00 bits per heavy atom. The van der Waals surface area contributed by atoms with Crippen LogP contribution in [0, 0.1) is 0 Å². The Morgan fingerprint density at radius 3 is 2.25 bits per heavy atom. The predicted octanol–water partition coefficient (Wildman–Crippen LogP) is 2.37. The van der Waals surface area contributed by atoms with E-state index in [2.05, 4.69) is 5.32 Å². The molecule has 1 nitrogen and oxygen atoms in total. The van der Waals surface area contributed by atoms with E-state index in [9.17, 15) is 13.2 Å². The fourth-order valence-corrected chi connectivity index (χ4v) is 1.12. The fraction of sp³-hybridized carbons (Fsp3) is 0.500. The second-order valence-corrected chi connectivity index (χ2v) is 2.69. The van der Waals surface area contributed by atoms with E-state index in [0.717, 1.165) is 6.08 Å². The third-order valence-corrected chi connectivity index (χ3v) is 1.99. The van der Waals surface area contributed by atoms with Gasteiger partial charge in [-0.15, -0.1) is 0 Å². The molecule has 0 aliphatic carbocycles. The number of nitrogens with one attached hydrogen (secondary N) is 1. The molecule has 1 rings (SSSR count). The van der Waals surface area contributed by atoms with Crippen molar-refractivity contribution >= 4 is 0 Å². The summed E-state index contributed by atoms with van der Waals surface area (Å²) in [5, 5.41) is 2.33. The van der Waals surface area contributed by atoms with Crippen LogP contribution in [0.5, 0.6) is 0 Å². The van der Waals surface area contributed by atoms with Gasteiger partial charge in [0.15, 0.2) is 5.54 Å². The van der Waals surface area contributed by atoms with Gasteiger partial charge in [0.2, 0.25) is 0 Å². The lowest BCUT2D eigenvalue weighted by atomic mass is 9.93. The van der Waals surface area contributed by atoms with Gasteiger partial charge >= 0.3 is 6.18 Å². The summed E-state index contributed by atoms with van der Waals surface area (Å²) in [6.07, 6.45) is 1.18. The number of alkyl halides is 3. The van der Waals surface area contributed by atoms with E-state index in [4.69, 9.17) is 0 Å². The summed E-state index contributed by atoms with van der Waals surface area (Å²) in [6, 6.07) is 0. The first-order valence-corrected chi connectivity index (χ1v) is 3.70. The summed E-state index contributed by atoms with van der Waals surface area (Å²) in [5.74, 6) is 0. The predicted molar refractivity (Wildman–Crippen MR) is 40.5 cm³/mol. The minimum Gasteiger partial charge on any atom is -0.374 e. The van der Waals surface area contributed by atoms with Crippen molar-refractivity contribution in [1.29, 1.82) is 0 Å². The van der Waals surface area contributed by atoms with E-state index < -0.39 is 11.7 Å². The molecule has 4 heteroatoms. The van der Waals surface area contributed by atoms with Crippen LogP contribution in [0.25, 0.3) is 0 Å². The molecule has 1 heterocycles. The topological polar surface area (TPSA) is 12.0 Å². The molecule has 12 heavy (non-hydrogen) atoms. The molecule has 1 atom stereocenters. The van der Waals surface area contributed by atoms with E-state index in [1.807, 2.05) is 0 Å². The van der Waals surface area contributed by atoms with Gasteiger partial charge in [0, 0.05) is 0 Å². The molecular formula is C8H10F3N. The Morgan fingerprint density at radius 1 is 1.33 bits per heavy atom. The maximum Gasteiger partial charge on any atom is 0.415 e. The molecule has 0 spiro atoms. The number of hydrogen-bond acceptors (Lipinski definition) is 1. The summed E-state index contributed by atoms with van der Waals surface area (Å²) >= 11 is 0. The Labute approximate surface area is 69.0 Å². The van der Waals surface area contributed by atoms with Crippen molar-refractivity contribution in [3.63, 3.8) is 0 Å². The first kappa shape index (κ1) is 9.16. The summed E-state index contributed by atoms with van der Waals surface area (Å²) in [7, 11) is 0. The van der Waals surface area contributed by atoms with Crippen LogP contribution in [-0.4, -0.2) is 11.7 Å². The number of rotatable bonds is 1. The maximum atomic E-state index is 12.4. The average Bonchev–Trinajstić information content (AvgIpc) is 2.04. The second-order valence-electron chi connectivity index (χ2n) is 2.69. The van der Waals surface area contributed by atoms with Crippen molar-refractivity contribution in [3.8, 4) is 0 Å². The van der Waals surface area contributed by atoms with Crippen LogP contribution in [0.4, 0.5) is 13.2 Å². The van der Waals surface area contributed by atoms with Gasteiger partial charge in [-0.05, 0) is 18.7 Å². The zero-order chi connectivity index (χ0) is 9.24. The molecule has 0 aromatic carbocycles. The second kappa shape index (κ2) is 2.84. The van der Waals surface area contributed by atoms with Crippen LogP contribution >= 0.6 is 0 Å². The number of hydrogen-bond donors (Lipinski definition) is 1. The first-order chi connectivity index (χ1) is 5.52. The van der Waals surface area contributed by atoms with Crippen LogP contribution in [-0.2, 0) is 0 Å². The quantitative estimate of drug-likeness (QED) is 0.648. The zero-order valence-corrected chi connectivity index (χ0v) is 6.65. The van der Waals surface area contributed by atoms with Crippen molar-refractivity contribution in [2.24, 2.45) is 0 Å². The normalized spacial score (nSPS) is 28.7. The molecule has 1 aliphatic heterocycles. The van der Waals surface area contributed by atoms with Gasteiger partial charge in [-0.3, -0.25) is 0 Å². The highest BCUT2D eigenvalue weighted by atomic mass is 19.4. The van der Waals surface area contributed by atoms with Crippen molar-refractivity contribution in [3.05, 3.63) is 24.4 Å². The van der Waals surface area contributed by atoms with Crippen molar-refractivity contribution in [2.45, 2.75) is 25.1 Å². The zero-order valence-electron chi connectivity index (χ0n) is 6.65. The minimum atomic E-state index is -4.23. The first-order valence-electron chi connectivity index (χ1n) is 3.70. The molecule has 1 aliphatic rings. The SMILES string of the molecule is CCC1(C(F)(F)F)C=CC=CN1. The van der Waals surface area contributed by atoms with Crippen LogP contribution in [0.1, 0.15) is 13.3 Å². The van der Waals surface area contributed by atoms with Crippen molar-refractivity contribution in [1.82, 2.24) is 5.32 Å². The third kappa shape index (κ3) is 1.33. The molecule has 0 saturated carbocycles. The molecule has 0 saturated heterocycles. The summed E-state index contributed by atoms with van der Waals surface area (Å²) in [6.45, 7) is 1.50. The summed E-state index contributed by atoms with van der Waals surface area (Å²) in [4.78, 5) is 0. The molecule has 1 N–H and O–H groups in total. The Kier molecular flexibility index (Phi) is 2.17. The highest BCUT2D eigenvalue weighted by molar-refractivity contribution is 5.21. The number of halogens is 3. The highest BCUT2D eigenvalue weighted by Crippen LogP contribution is 2.35. The largest absolute Gasteiger partial charge is 0.415 e. The summed E-state index contributed by atoms with van der Waals surface area (Å²) < 4.78 is 37.3. The molecule has 0 aromatic rings. The molecule has 68 valence electrons. The summed E-state index contributed by atoms with van der Waals surface area (Å²) in [5.41, 5.74) is -1.86. The van der Waals surface area contributed by atoms with E-state index in [1.165, 1.54) is 19.2 Å². The van der Waals surface area contributed by atoms with Gasteiger partial charge < -0.3 is 5.32 Å². The van der Waals surface area contributed by atoms with E-state index in [-0.39, 0.29) is 6.42 Å². The van der Waals surface area contributed by atoms with Gasteiger partial charge in [-0.2, -0.15) is 13.2 Å². The smallest absolute Gasteiger partial charge is 0.374 e. The van der Waals surface area contributed by atoms with E-state index in [0.29, 0.717) is 0 Å². The minimum absolute atomic E-state index is 0.00264. The van der Waals surface area contributed by atoms with Gasteiger partial charge in [-0.25, -0.2) is 0 Å². The highest BCUT2D eigenvalue weighted by Gasteiger charge is 2.51. The number of dihydropyridines is 1. The van der Waals surface area contributed by atoms with Crippen LogP contribution in [0.3, 0.4) is 0 Å². The van der Waals surface area contributed by atoms with Crippen molar-refractivity contribution < 1.29 is 13.2 Å². The Bertz CT molecular complexity index is 217. The van der Waals surface area contributed by atoms with Gasteiger partial charge in [-0.1, -0.05) is 19.1 Å².